The normalized spacial score (nSPS) is 40.4. The van der Waals surface area contributed by atoms with Gasteiger partial charge in [-0.05, 0) is 68.3 Å². The summed E-state index contributed by atoms with van der Waals surface area (Å²) < 4.78 is 0. The second-order valence-electron chi connectivity index (χ2n) is 8.31. The van der Waals surface area contributed by atoms with Crippen molar-refractivity contribution in [2.24, 2.45) is 22.7 Å². The van der Waals surface area contributed by atoms with Gasteiger partial charge in [-0.1, -0.05) is 19.4 Å². The summed E-state index contributed by atoms with van der Waals surface area (Å²) in [5, 5.41) is 9.12. The lowest BCUT2D eigenvalue weighted by Crippen LogP contribution is -2.50. The molecule has 0 aliphatic heterocycles. The Morgan fingerprint density at radius 2 is 1.83 bits per heavy atom. The summed E-state index contributed by atoms with van der Waals surface area (Å²) in [6.07, 6.45) is 5.64. The van der Waals surface area contributed by atoms with Crippen LogP contribution in [0.4, 0.5) is 0 Å². The van der Waals surface area contributed by atoms with Gasteiger partial charge in [-0.15, -0.1) is 0 Å². The van der Waals surface area contributed by atoms with Gasteiger partial charge in [-0.3, -0.25) is 9.59 Å². The van der Waals surface area contributed by atoms with Gasteiger partial charge in [0.05, 0.1) is 0 Å². The number of carbonyl (C=O) groups is 3. The molecule has 0 aromatic heterocycles. The van der Waals surface area contributed by atoms with E-state index < -0.39 is 17.2 Å². The van der Waals surface area contributed by atoms with Crippen LogP contribution in [0.5, 0.6) is 0 Å². The second-order valence-corrected chi connectivity index (χ2v) is 8.31. The third-order valence-corrected chi connectivity index (χ3v) is 7.13. The van der Waals surface area contributed by atoms with Crippen LogP contribution in [-0.4, -0.2) is 22.6 Å². The molecule has 2 saturated carbocycles. The van der Waals surface area contributed by atoms with Crippen LogP contribution in [0.15, 0.2) is 11.1 Å². The third kappa shape index (κ3) is 2.38. The smallest absolute Gasteiger partial charge is 0.372 e. The number of hydrogen-bond donors (Lipinski definition) is 1. The van der Waals surface area contributed by atoms with Crippen molar-refractivity contribution < 1.29 is 19.5 Å². The molecule has 0 aromatic rings. The summed E-state index contributed by atoms with van der Waals surface area (Å²) in [6.45, 7) is 6.09. The lowest BCUT2D eigenvalue weighted by Gasteiger charge is -2.56. The van der Waals surface area contributed by atoms with Gasteiger partial charge in [-0.25, -0.2) is 4.79 Å². The Kier molecular flexibility index (Phi) is 3.77. The first-order valence-corrected chi connectivity index (χ1v) is 8.69. The van der Waals surface area contributed by atoms with Crippen LogP contribution in [-0.2, 0) is 14.4 Å². The third-order valence-electron chi connectivity index (χ3n) is 7.13. The van der Waals surface area contributed by atoms with E-state index >= 15 is 0 Å². The summed E-state index contributed by atoms with van der Waals surface area (Å²) in [4.78, 5) is 35.3. The summed E-state index contributed by atoms with van der Waals surface area (Å²) in [6, 6.07) is 0. The van der Waals surface area contributed by atoms with E-state index in [2.05, 4.69) is 6.92 Å². The Balaban J connectivity index is 1.90. The minimum absolute atomic E-state index is 0.105. The van der Waals surface area contributed by atoms with Crippen molar-refractivity contribution in [3.05, 3.63) is 11.1 Å². The number of fused-ring (bicyclic) bond motifs is 3. The zero-order valence-electron chi connectivity index (χ0n) is 14.3. The molecule has 3 rings (SSSR count). The fraction of sp³-hybridized carbons (Fsp3) is 0.737. The Morgan fingerprint density at radius 3 is 2.48 bits per heavy atom. The van der Waals surface area contributed by atoms with Crippen LogP contribution < -0.4 is 0 Å². The van der Waals surface area contributed by atoms with Gasteiger partial charge in [0.1, 0.15) is 0 Å². The van der Waals surface area contributed by atoms with Crippen molar-refractivity contribution in [1.82, 2.24) is 0 Å². The molecule has 0 radical (unpaired) electrons. The van der Waals surface area contributed by atoms with Crippen LogP contribution in [0.25, 0.3) is 0 Å². The van der Waals surface area contributed by atoms with Crippen LogP contribution in [0.1, 0.15) is 65.7 Å². The summed E-state index contributed by atoms with van der Waals surface area (Å²) >= 11 is 0. The minimum Gasteiger partial charge on any atom is -0.475 e. The zero-order chi connectivity index (χ0) is 17.0. The van der Waals surface area contributed by atoms with E-state index in [0.717, 1.165) is 31.3 Å². The van der Waals surface area contributed by atoms with Gasteiger partial charge in [0.15, 0.2) is 5.78 Å². The number of Topliss-reactive ketones (excluding diaryl/α,β-unsaturated/α-hetero) is 2. The van der Waals surface area contributed by atoms with E-state index in [4.69, 9.17) is 5.11 Å². The molecule has 0 bridgehead atoms. The van der Waals surface area contributed by atoms with Gasteiger partial charge < -0.3 is 5.11 Å². The average Bonchev–Trinajstić information content (AvgIpc) is 2.50. The molecule has 0 unspecified atom stereocenters. The molecule has 4 atom stereocenters. The van der Waals surface area contributed by atoms with Crippen LogP contribution in [0, 0.1) is 22.7 Å². The maximum Gasteiger partial charge on any atom is 0.372 e. The Bertz CT molecular complexity index is 617. The molecule has 4 nitrogen and oxygen atoms in total. The molecule has 0 aromatic carbocycles. The van der Waals surface area contributed by atoms with Crippen molar-refractivity contribution >= 4 is 17.5 Å². The van der Waals surface area contributed by atoms with Gasteiger partial charge in [0.2, 0.25) is 5.78 Å². The first kappa shape index (κ1) is 16.4. The lowest BCUT2D eigenvalue weighted by molar-refractivity contribution is -0.157. The van der Waals surface area contributed by atoms with Crippen molar-refractivity contribution in [2.45, 2.75) is 65.7 Å². The van der Waals surface area contributed by atoms with E-state index in [-0.39, 0.29) is 5.41 Å². The molecule has 23 heavy (non-hydrogen) atoms. The molecule has 0 spiro atoms. The summed E-state index contributed by atoms with van der Waals surface area (Å²) in [5.74, 6) is -0.828. The minimum atomic E-state index is -1.30. The zero-order valence-corrected chi connectivity index (χ0v) is 14.3. The van der Waals surface area contributed by atoms with Gasteiger partial charge in [0.25, 0.3) is 0 Å². The van der Waals surface area contributed by atoms with Crippen molar-refractivity contribution in [3.8, 4) is 0 Å². The van der Waals surface area contributed by atoms with Gasteiger partial charge >= 0.3 is 5.97 Å². The lowest BCUT2D eigenvalue weighted by atomic mass is 9.48. The van der Waals surface area contributed by atoms with E-state index in [9.17, 15) is 14.4 Å². The highest BCUT2D eigenvalue weighted by atomic mass is 16.4. The van der Waals surface area contributed by atoms with Crippen molar-refractivity contribution in [1.29, 1.82) is 0 Å². The maximum atomic E-state index is 12.1. The van der Waals surface area contributed by atoms with Crippen LogP contribution >= 0.6 is 0 Å². The first-order valence-electron chi connectivity index (χ1n) is 8.69. The highest BCUT2D eigenvalue weighted by Crippen LogP contribution is 2.61. The number of allylic oxidation sites excluding steroid dienone is 2. The molecule has 0 amide bonds. The molecule has 0 saturated heterocycles. The Morgan fingerprint density at radius 1 is 1.13 bits per heavy atom. The maximum absolute atomic E-state index is 12.1. The molecule has 126 valence electrons. The SMILES string of the molecule is CC1=C2CC[C@H]3C[C@@](C)(C(=O)C(=O)O)CC[C@]3(C)[C@H]2CCC1=O. The fourth-order valence-corrected chi connectivity index (χ4v) is 5.48. The molecule has 1 N–H and O–H groups in total. The van der Waals surface area contributed by atoms with E-state index in [1.54, 1.807) is 0 Å². The molecule has 3 aliphatic rings. The monoisotopic (exact) mass is 318 g/mol. The number of hydrogen-bond acceptors (Lipinski definition) is 3. The molecule has 4 heteroatoms. The van der Waals surface area contributed by atoms with Crippen LogP contribution in [0.3, 0.4) is 0 Å². The van der Waals surface area contributed by atoms with Gasteiger partial charge in [-0.2, -0.15) is 0 Å². The number of carbonyl (C=O) groups excluding carboxylic acids is 2. The average molecular weight is 318 g/mol. The number of carboxylic acids is 1. The van der Waals surface area contributed by atoms with E-state index in [0.29, 0.717) is 36.9 Å². The van der Waals surface area contributed by atoms with Crippen molar-refractivity contribution in [2.75, 3.05) is 0 Å². The number of ketones is 2. The predicted octanol–water partition coefficient (Wildman–Crippen LogP) is 3.54. The molecule has 2 fully saturated rings. The quantitative estimate of drug-likeness (QED) is 0.790. The second kappa shape index (κ2) is 5.29. The highest BCUT2D eigenvalue weighted by molar-refractivity contribution is 6.34. The number of carboxylic acid groups (broad SMARTS) is 1. The Hall–Kier alpha value is -1.45. The molecule has 3 aliphatic carbocycles. The Labute approximate surface area is 137 Å². The molecule has 0 heterocycles. The fourth-order valence-electron chi connectivity index (χ4n) is 5.48. The highest BCUT2D eigenvalue weighted by Gasteiger charge is 2.55. The molecular formula is C19H26O4. The van der Waals surface area contributed by atoms with Crippen molar-refractivity contribution in [3.63, 3.8) is 0 Å². The summed E-state index contributed by atoms with van der Waals surface area (Å²) in [7, 11) is 0. The van der Waals surface area contributed by atoms with E-state index in [1.807, 2.05) is 13.8 Å². The number of rotatable bonds is 2. The standard InChI is InChI=1S/C19H26O4/c1-11-13-5-4-12-10-18(2,16(21)17(22)23)8-9-19(12,3)14(13)6-7-15(11)20/h12,14H,4-10H2,1-3H3,(H,22,23)/t12-,14-,18-,19-/m0/s1. The molecular weight excluding hydrogens is 292 g/mol. The van der Waals surface area contributed by atoms with Gasteiger partial charge in [0, 0.05) is 11.8 Å². The topological polar surface area (TPSA) is 71.4 Å². The largest absolute Gasteiger partial charge is 0.475 e. The predicted molar refractivity (Wildman–Crippen MR) is 85.9 cm³/mol. The first-order chi connectivity index (χ1) is 10.7. The van der Waals surface area contributed by atoms with Crippen LogP contribution in [0.2, 0.25) is 0 Å². The number of aliphatic carboxylic acids is 1. The summed E-state index contributed by atoms with van der Waals surface area (Å²) in [5.41, 5.74) is 1.69. The van der Waals surface area contributed by atoms with E-state index in [1.165, 1.54) is 5.57 Å².